The molecule has 760 valence electrons. The smallest absolute Gasteiger partial charge is 0.140 e. The minimum Gasteiger partial charge on any atom is -0.493 e. The van der Waals surface area contributed by atoms with Crippen LogP contribution in [-0.2, 0) is 0 Å². The van der Waals surface area contributed by atoms with Crippen molar-refractivity contribution in [2.45, 2.75) is 352 Å². The van der Waals surface area contributed by atoms with Crippen LogP contribution < -0.4 is 42.6 Å². The Bertz CT molecular complexity index is 6250. The summed E-state index contributed by atoms with van der Waals surface area (Å²) in [6, 6.07) is 81.1. The normalized spacial score (nSPS) is 11.0. The van der Waals surface area contributed by atoms with E-state index in [9.17, 15) is 0 Å². The number of hydrogen-bond donors (Lipinski definition) is 0. The highest BCUT2D eigenvalue weighted by atomic mass is 16.5. The number of ether oxygens (including phenoxy) is 9. The lowest BCUT2D eigenvalue weighted by molar-refractivity contribution is 0.130. The van der Waals surface area contributed by atoms with Crippen LogP contribution in [0.4, 0.5) is 0 Å². The van der Waals surface area contributed by atoms with Gasteiger partial charge in [-0.2, -0.15) is 0 Å². The molecule has 0 unspecified atom stereocenters. The number of unbranched alkanes of at least 4 members (excludes halogenated alkanes) is 30. The molecule has 0 amide bonds. The van der Waals surface area contributed by atoms with Gasteiger partial charge in [0.25, 0.3) is 0 Å². The minimum absolute atomic E-state index is 0.214. The van der Waals surface area contributed by atoms with E-state index in [0.29, 0.717) is 181 Å². The molecule has 0 atom stereocenters. The minimum atomic E-state index is -0.701. The van der Waals surface area contributed by atoms with E-state index in [1.54, 1.807) is 60.7 Å². The molecular formula is C129H145N9O9. The predicted molar refractivity (Wildman–Crippen MR) is 588 cm³/mol. The van der Waals surface area contributed by atoms with Crippen molar-refractivity contribution < 1.29 is 42.6 Å². The molecule has 0 aromatic carbocycles. The van der Waals surface area contributed by atoms with Crippen LogP contribution in [0.5, 0.6) is 51.7 Å². The summed E-state index contributed by atoms with van der Waals surface area (Å²) in [6.45, 7) is 33.7. The second kappa shape index (κ2) is 61.5. The molecule has 18 bridgehead atoms. The SMILES string of the molecule is CCCCCCCCOc1cc2nc(c1)C#Cc1c(OCCCCCCCC)cc3c#cc#cc4cc(OCCCCCCCC)cc(c#cc5cc(OC(C)(C)C)cc(c#cc6cc(OCCCCCCCC)cc(c#cc#cc7cc(OCCCCCCCC)c(c(c#cc8cc(OC(C)(C)C)cc(c#cc1n3)n8)n7)C#Cc1cc(OCCCCCCCC)cc(n1)C#Cc1cc(OC(C)(C)C)cc(n1)C#C2)n6)n5)n4. The predicted octanol–water partition coefficient (Wildman–Crippen LogP) is 30.0. The fraction of sp³-hybridized carbons (Fsp3) is 0.465. The molecule has 18 nitrogen and oxygen atoms in total. The molecule has 10 aromatic heterocycles. The summed E-state index contributed by atoms with van der Waals surface area (Å²) in [5.74, 6) is 31.5. The van der Waals surface area contributed by atoms with Gasteiger partial charge in [-0.05, 0) is 233 Å². The van der Waals surface area contributed by atoms with E-state index in [-0.39, 0.29) is 22.1 Å². The maximum Gasteiger partial charge on any atom is 0.140 e. The summed E-state index contributed by atoms with van der Waals surface area (Å²) in [6.07, 6.45) is 38.3. The summed E-state index contributed by atoms with van der Waals surface area (Å²) >= 11 is 0. The van der Waals surface area contributed by atoms with Crippen LogP contribution in [0.1, 0.15) is 380 Å². The second-order valence-electron chi connectivity index (χ2n) is 39.8. The molecule has 0 spiro atoms. The highest BCUT2D eigenvalue weighted by molar-refractivity contribution is 5.74. The summed E-state index contributed by atoms with van der Waals surface area (Å²) < 4.78 is 60.1. The second-order valence-corrected chi connectivity index (χ2v) is 39.8. The van der Waals surface area contributed by atoms with E-state index in [1.165, 1.54) is 38.5 Å². The van der Waals surface area contributed by atoms with Crippen molar-refractivity contribution in [3.05, 3.63) is 239 Å². The van der Waals surface area contributed by atoms with Crippen molar-refractivity contribution in [2.24, 2.45) is 0 Å². The largest absolute Gasteiger partial charge is 0.493 e. The molecule has 1 aliphatic heterocycles. The lowest BCUT2D eigenvalue weighted by atomic mass is 10.1. The van der Waals surface area contributed by atoms with Gasteiger partial charge in [0, 0.05) is 97.1 Å². The fourth-order valence-electron chi connectivity index (χ4n) is 15.6. The standard InChI is InChI=1S/C129H145N9O9/c1-16-22-28-34-40-50-76-139-114-82-98-56-46-48-58-100-96-125(143-80-54-44-38-32-26-20-5)121-72-68-110-88-116(141-78-52-42-36-30-24-18-3)86-104(132-110)62-66-108-92-119(146-128(10,11)12)93-109(135-108)67-63-105-87-117(142-79-53-43-37-31-25-19-4)89-111(133-105)69-73-122-124(75-71-113-95-120(147-129(13,14)15)94-112(136-113)70-74-123(121)137-100)138-101(97-126(122)144-81-55-45-39-33-27-21-6)59-49-47-57-99-83-115(140-77-51-41-35-29-23-17-2)85-103(131-99)61-65-107-91-118(145-127(7,8)9)90-106(134-107)64-60-102(84-114)130-98/h82-97H,16-45,50-55,76-81H2,1-15H3. The molecule has 0 saturated heterocycles. The number of aromatic nitrogens is 9. The van der Waals surface area contributed by atoms with Crippen molar-refractivity contribution in [1.82, 2.24) is 44.9 Å². The molecule has 147 heavy (non-hydrogen) atoms. The van der Waals surface area contributed by atoms with Gasteiger partial charge < -0.3 is 42.6 Å². The van der Waals surface area contributed by atoms with Gasteiger partial charge in [-0.15, -0.1) is 0 Å². The van der Waals surface area contributed by atoms with Crippen LogP contribution >= 0.6 is 0 Å². The third kappa shape index (κ3) is 43.6. The quantitative estimate of drug-likeness (QED) is 0.0257. The van der Waals surface area contributed by atoms with Gasteiger partial charge in [0.05, 0.1) is 39.6 Å². The zero-order valence-corrected chi connectivity index (χ0v) is 89.6. The van der Waals surface area contributed by atoms with Crippen molar-refractivity contribution >= 4 is 66.2 Å². The molecule has 18 heteroatoms. The first-order valence-corrected chi connectivity index (χ1v) is 53.7. The first-order valence-electron chi connectivity index (χ1n) is 53.7. The molecular weight excluding hydrogens is 1820 g/mol. The average molecular weight is 1970 g/mol. The highest BCUT2D eigenvalue weighted by Crippen LogP contribution is 2.31. The molecule has 0 aliphatic carbocycles. The van der Waals surface area contributed by atoms with Crippen LogP contribution in [0.25, 0.3) is 66.2 Å². The molecule has 0 N–H and O–H groups in total. The van der Waals surface area contributed by atoms with Gasteiger partial charge in [-0.25, -0.2) is 44.9 Å². The van der Waals surface area contributed by atoms with E-state index in [0.717, 1.165) is 193 Å². The Morgan fingerprint density at radius 3 is 0.626 bits per heavy atom. The van der Waals surface area contributed by atoms with Gasteiger partial charge in [0.15, 0.2) is 0 Å². The Balaban J connectivity index is 1.26. The number of pyridine rings is 9. The Morgan fingerprint density at radius 1 is 0.184 bits per heavy atom. The number of nitrogens with zero attached hydrogens (tertiary/aromatic N) is 9. The topological polar surface area (TPSA) is 199 Å². The lowest BCUT2D eigenvalue weighted by Gasteiger charge is -2.21. The van der Waals surface area contributed by atoms with Crippen LogP contribution in [0.3, 0.4) is 0 Å². The molecule has 10 aromatic rings. The maximum atomic E-state index is 6.95. The van der Waals surface area contributed by atoms with Gasteiger partial charge in [-0.1, -0.05) is 246 Å². The highest BCUT2D eigenvalue weighted by Gasteiger charge is 2.19. The maximum absolute atomic E-state index is 6.95. The lowest BCUT2D eigenvalue weighted by Crippen LogP contribution is -2.23. The average Bonchev–Trinajstić information content (AvgIpc) is 0.801. The Morgan fingerprint density at radius 2 is 0.374 bits per heavy atom. The molecule has 1 aliphatic rings. The summed E-state index contributed by atoms with van der Waals surface area (Å²) in [7, 11) is 0. The van der Waals surface area contributed by atoms with Crippen LogP contribution in [0.15, 0.2) is 97.1 Å². The van der Waals surface area contributed by atoms with E-state index in [2.05, 4.69) is 186 Å². The van der Waals surface area contributed by atoms with Crippen molar-refractivity contribution in [1.29, 1.82) is 0 Å². The Kier molecular flexibility index (Phi) is 47.1. The molecule has 11 rings (SSSR count). The Labute approximate surface area is 878 Å². The molecule has 0 radical (unpaired) electrons. The van der Waals surface area contributed by atoms with Gasteiger partial charge in [-0.3, -0.25) is 0 Å². The fourth-order valence-corrected chi connectivity index (χ4v) is 15.6. The van der Waals surface area contributed by atoms with Gasteiger partial charge in [0.2, 0.25) is 0 Å². The van der Waals surface area contributed by atoms with E-state index in [1.807, 2.05) is 98.7 Å². The third-order valence-corrected chi connectivity index (χ3v) is 22.8. The Hall–Kier alpha value is -14.7. The molecule has 11 heterocycles. The zero-order valence-electron chi connectivity index (χ0n) is 89.6. The number of hydrogen-bond acceptors (Lipinski definition) is 18. The number of fused-ring (bicyclic) bond motifs is 14. The van der Waals surface area contributed by atoms with Gasteiger partial charge in [0.1, 0.15) is 180 Å². The van der Waals surface area contributed by atoms with Crippen LogP contribution in [-0.4, -0.2) is 101 Å². The van der Waals surface area contributed by atoms with E-state index in [4.69, 9.17) is 87.5 Å². The number of rotatable bonds is 51. The summed E-state index contributed by atoms with van der Waals surface area (Å²) in [5.41, 5.74) is 4.83. The first-order chi connectivity index (χ1) is 71.4. The van der Waals surface area contributed by atoms with Gasteiger partial charge >= 0.3 is 0 Å². The first kappa shape index (κ1) is 113. The van der Waals surface area contributed by atoms with Crippen LogP contribution in [0.2, 0.25) is 0 Å². The summed E-state index contributed by atoms with van der Waals surface area (Å²) in [5, 5.41) is 0. The van der Waals surface area contributed by atoms with E-state index < -0.39 is 16.8 Å². The molecule has 0 fully saturated rings. The zero-order chi connectivity index (χ0) is 104. The summed E-state index contributed by atoms with van der Waals surface area (Å²) in [4.78, 5) is 46.0. The monoisotopic (exact) mass is 1960 g/mol. The van der Waals surface area contributed by atoms with Crippen LogP contribution in [0, 0.1) is 144 Å². The van der Waals surface area contributed by atoms with Crippen molar-refractivity contribution in [3.8, 4) is 99.1 Å². The third-order valence-electron chi connectivity index (χ3n) is 22.8. The van der Waals surface area contributed by atoms with Crippen molar-refractivity contribution in [2.75, 3.05) is 39.6 Å². The van der Waals surface area contributed by atoms with E-state index >= 15 is 0 Å². The molecule has 0 saturated carbocycles. The van der Waals surface area contributed by atoms with Crippen molar-refractivity contribution in [3.63, 3.8) is 0 Å².